The number of nitrogens with one attached hydrogen (secondary N) is 1. The summed E-state index contributed by atoms with van der Waals surface area (Å²) in [5.74, 6) is -0.357. The number of hydrogen-bond donors (Lipinski definition) is 1. The topological polar surface area (TPSA) is 79.4 Å². The minimum Gasteiger partial charge on any atom is -0.334 e. The Balaban J connectivity index is 1.62. The fourth-order valence-corrected chi connectivity index (χ4v) is 4.99. The van der Waals surface area contributed by atoms with E-state index in [1.54, 1.807) is 22.1 Å². The molecule has 2 aromatic heterocycles. The molecule has 0 radical (unpaired) electrons. The molecule has 1 aromatic carbocycles. The molecule has 1 fully saturated rings. The van der Waals surface area contributed by atoms with Gasteiger partial charge in [0.2, 0.25) is 0 Å². The standard InChI is InChI=1S/C20H18F3N3O3S2/c21-20(22,23)31(28,29)25-12-14-3-1-9-26(14)19(27)15-7-8-24-17-6-5-13(11-16(15)17)18-4-2-10-30-18/h2,4-8,10-11,14,25H,1,3,9,12H2/t14-/m0/s1. The molecule has 1 aliphatic heterocycles. The molecule has 3 heterocycles. The third-order valence-corrected chi connectivity index (χ3v) is 7.30. The average molecular weight is 470 g/mol. The van der Waals surface area contributed by atoms with Crippen molar-refractivity contribution in [1.82, 2.24) is 14.6 Å². The van der Waals surface area contributed by atoms with Crippen molar-refractivity contribution >= 4 is 38.2 Å². The summed E-state index contributed by atoms with van der Waals surface area (Å²) < 4.78 is 62.1. The lowest BCUT2D eigenvalue weighted by Gasteiger charge is -2.25. The second-order valence-electron chi connectivity index (χ2n) is 7.16. The van der Waals surface area contributed by atoms with E-state index in [4.69, 9.17) is 0 Å². The predicted octanol–water partition coefficient (Wildman–Crippen LogP) is 4.01. The van der Waals surface area contributed by atoms with Crippen LogP contribution in [0.4, 0.5) is 13.2 Å². The molecule has 164 valence electrons. The van der Waals surface area contributed by atoms with Gasteiger partial charge in [-0.1, -0.05) is 12.1 Å². The van der Waals surface area contributed by atoms with Crippen molar-refractivity contribution in [3.63, 3.8) is 0 Å². The second-order valence-corrected chi connectivity index (χ2v) is 9.87. The molecule has 1 amide bonds. The van der Waals surface area contributed by atoms with Gasteiger partial charge in [-0.2, -0.15) is 13.2 Å². The first-order valence-corrected chi connectivity index (χ1v) is 11.8. The van der Waals surface area contributed by atoms with Crippen LogP contribution < -0.4 is 4.72 Å². The number of aromatic nitrogens is 1. The summed E-state index contributed by atoms with van der Waals surface area (Å²) in [7, 11) is -5.46. The Labute approximate surface area is 180 Å². The molecule has 1 saturated heterocycles. The molecule has 1 N–H and O–H groups in total. The first-order chi connectivity index (χ1) is 14.7. The predicted molar refractivity (Wildman–Crippen MR) is 112 cm³/mol. The zero-order valence-corrected chi connectivity index (χ0v) is 17.7. The van der Waals surface area contributed by atoms with E-state index in [2.05, 4.69) is 4.98 Å². The first-order valence-electron chi connectivity index (χ1n) is 9.47. The molecular formula is C20H18F3N3O3S2. The summed E-state index contributed by atoms with van der Waals surface area (Å²) in [5, 5.41) is 2.59. The molecule has 1 aliphatic rings. The molecule has 6 nitrogen and oxygen atoms in total. The van der Waals surface area contributed by atoms with E-state index in [1.807, 2.05) is 35.7 Å². The molecule has 0 unspecified atom stereocenters. The van der Waals surface area contributed by atoms with Crippen LogP contribution in [0.25, 0.3) is 21.3 Å². The van der Waals surface area contributed by atoms with Crippen LogP contribution in [0.5, 0.6) is 0 Å². The van der Waals surface area contributed by atoms with E-state index >= 15 is 0 Å². The van der Waals surface area contributed by atoms with Crippen LogP contribution >= 0.6 is 11.3 Å². The van der Waals surface area contributed by atoms with Crippen LogP contribution in [0.15, 0.2) is 48.0 Å². The summed E-state index contributed by atoms with van der Waals surface area (Å²) in [4.78, 5) is 20.1. The Morgan fingerprint density at radius 3 is 2.77 bits per heavy atom. The lowest BCUT2D eigenvalue weighted by Crippen LogP contribution is -2.46. The summed E-state index contributed by atoms with van der Waals surface area (Å²) in [6, 6.07) is 10.4. The maximum Gasteiger partial charge on any atom is 0.511 e. The normalized spacial score (nSPS) is 17.4. The second kappa shape index (κ2) is 8.21. The minimum atomic E-state index is -5.46. The number of halogens is 3. The van der Waals surface area contributed by atoms with Crippen LogP contribution in [-0.4, -0.2) is 48.8 Å². The van der Waals surface area contributed by atoms with Gasteiger partial charge < -0.3 is 4.90 Å². The van der Waals surface area contributed by atoms with Gasteiger partial charge in [0.05, 0.1) is 11.1 Å². The Kier molecular flexibility index (Phi) is 5.75. The smallest absolute Gasteiger partial charge is 0.334 e. The summed E-state index contributed by atoms with van der Waals surface area (Å²) >= 11 is 1.56. The van der Waals surface area contributed by atoms with E-state index < -0.39 is 28.1 Å². The maximum absolute atomic E-state index is 13.3. The average Bonchev–Trinajstić information content (AvgIpc) is 3.42. The van der Waals surface area contributed by atoms with Crippen molar-refractivity contribution < 1.29 is 26.4 Å². The number of nitrogens with zero attached hydrogens (tertiary/aromatic N) is 2. The number of pyridine rings is 1. The Bertz CT molecular complexity index is 1210. The van der Waals surface area contributed by atoms with E-state index in [9.17, 15) is 26.4 Å². The van der Waals surface area contributed by atoms with Gasteiger partial charge in [0, 0.05) is 35.6 Å². The van der Waals surface area contributed by atoms with Crippen molar-refractivity contribution in [1.29, 1.82) is 0 Å². The van der Waals surface area contributed by atoms with E-state index in [0.717, 1.165) is 10.4 Å². The van der Waals surface area contributed by atoms with Gasteiger partial charge >= 0.3 is 15.5 Å². The quantitative estimate of drug-likeness (QED) is 0.613. The summed E-state index contributed by atoms with van der Waals surface area (Å²) in [6.45, 7) is -0.150. The molecule has 11 heteroatoms. The van der Waals surface area contributed by atoms with E-state index in [1.165, 1.54) is 11.1 Å². The molecule has 0 bridgehead atoms. The Morgan fingerprint density at radius 2 is 2.06 bits per heavy atom. The number of benzene rings is 1. The lowest BCUT2D eigenvalue weighted by molar-refractivity contribution is -0.0448. The highest BCUT2D eigenvalue weighted by Crippen LogP contribution is 2.30. The highest BCUT2D eigenvalue weighted by Gasteiger charge is 2.46. The summed E-state index contributed by atoms with van der Waals surface area (Å²) in [6.07, 6.45) is 2.50. The third kappa shape index (κ3) is 4.30. The molecule has 1 atom stereocenters. The maximum atomic E-state index is 13.3. The summed E-state index contributed by atoms with van der Waals surface area (Å²) in [5.41, 5.74) is -3.45. The van der Waals surface area contributed by atoms with E-state index in [0.29, 0.717) is 35.9 Å². The zero-order valence-electron chi connectivity index (χ0n) is 16.1. The SMILES string of the molecule is O=C(c1ccnc2ccc(-c3cccs3)cc12)N1CCC[C@H]1CNS(=O)(=O)C(F)(F)F. The molecule has 0 spiro atoms. The first kappa shape index (κ1) is 21.7. The Hall–Kier alpha value is -2.50. The van der Waals surface area contributed by atoms with Gasteiger partial charge in [-0.05, 0) is 48.1 Å². The lowest BCUT2D eigenvalue weighted by atomic mass is 10.0. The van der Waals surface area contributed by atoms with Crippen molar-refractivity contribution in [2.24, 2.45) is 0 Å². The zero-order chi connectivity index (χ0) is 22.2. The molecular weight excluding hydrogens is 451 g/mol. The van der Waals surface area contributed by atoms with Gasteiger partial charge in [0.25, 0.3) is 5.91 Å². The minimum absolute atomic E-state index is 0.339. The van der Waals surface area contributed by atoms with Gasteiger partial charge in [-0.3, -0.25) is 9.78 Å². The van der Waals surface area contributed by atoms with Crippen LogP contribution in [0.1, 0.15) is 23.2 Å². The van der Waals surface area contributed by atoms with Crippen molar-refractivity contribution in [3.05, 3.63) is 53.5 Å². The fourth-order valence-electron chi connectivity index (χ4n) is 3.69. The largest absolute Gasteiger partial charge is 0.511 e. The third-order valence-electron chi connectivity index (χ3n) is 5.23. The van der Waals surface area contributed by atoms with Crippen LogP contribution in [-0.2, 0) is 10.0 Å². The van der Waals surface area contributed by atoms with Gasteiger partial charge in [0.15, 0.2) is 0 Å². The van der Waals surface area contributed by atoms with Crippen molar-refractivity contribution in [2.45, 2.75) is 24.4 Å². The number of sulfonamides is 1. The number of fused-ring (bicyclic) bond motifs is 1. The van der Waals surface area contributed by atoms with Crippen molar-refractivity contribution in [3.8, 4) is 10.4 Å². The highest BCUT2D eigenvalue weighted by atomic mass is 32.2. The van der Waals surface area contributed by atoms with Gasteiger partial charge in [-0.25, -0.2) is 13.1 Å². The Morgan fingerprint density at radius 1 is 1.26 bits per heavy atom. The molecule has 4 rings (SSSR count). The molecule has 3 aromatic rings. The highest BCUT2D eigenvalue weighted by molar-refractivity contribution is 7.90. The fraction of sp³-hybridized carbons (Fsp3) is 0.300. The number of carbonyl (C=O) groups excluding carboxylic acids is 1. The molecule has 0 aliphatic carbocycles. The van der Waals surface area contributed by atoms with Crippen LogP contribution in [0, 0.1) is 0 Å². The van der Waals surface area contributed by atoms with Crippen LogP contribution in [0.3, 0.4) is 0 Å². The number of carbonyl (C=O) groups is 1. The number of thiophene rings is 1. The number of amides is 1. The van der Waals surface area contributed by atoms with Crippen molar-refractivity contribution in [2.75, 3.05) is 13.1 Å². The molecule has 31 heavy (non-hydrogen) atoms. The van der Waals surface area contributed by atoms with Gasteiger partial charge in [-0.15, -0.1) is 11.3 Å². The number of likely N-dealkylation sites (tertiary alicyclic amines) is 1. The monoisotopic (exact) mass is 469 g/mol. The van der Waals surface area contributed by atoms with Crippen LogP contribution in [0.2, 0.25) is 0 Å². The molecule has 0 saturated carbocycles. The number of alkyl halides is 3. The van der Waals surface area contributed by atoms with Gasteiger partial charge in [0.1, 0.15) is 0 Å². The number of hydrogen-bond acceptors (Lipinski definition) is 5. The number of rotatable bonds is 5. The van der Waals surface area contributed by atoms with E-state index in [-0.39, 0.29) is 5.91 Å².